The van der Waals surface area contributed by atoms with Crippen molar-refractivity contribution in [3.8, 4) is 11.5 Å². The summed E-state index contributed by atoms with van der Waals surface area (Å²) in [5, 5.41) is 3.21. The normalized spacial score (nSPS) is 23.1. The molecule has 1 aromatic rings. The maximum Gasteiger partial charge on any atom is 0.340 e. The molecule has 0 amide bonds. The highest BCUT2D eigenvalue weighted by atomic mass is 16.5. The average Bonchev–Trinajstić information content (AvgIpc) is 2.27. The predicted molar refractivity (Wildman–Crippen MR) is 69.5 cm³/mol. The lowest BCUT2D eigenvalue weighted by Crippen LogP contribution is -2.50. The fraction of sp³-hybridized carbons (Fsp3) is 0.538. The Morgan fingerprint density at radius 2 is 2.24 bits per heavy atom. The molecule has 3 nitrogen and oxygen atoms in total. The Morgan fingerprint density at radius 1 is 1.41 bits per heavy atom. The Balaban J connectivity index is 1.90. The molecule has 2 heterocycles. The van der Waals surface area contributed by atoms with Gasteiger partial charge in [-0.15, -0.1) is 0 Å². The smallest absolute Gasteiger partial charge is 0.340 e. The molecule has 0 saturated carbocycles. The van der Waals surface area contributed by atoms with Crippen LogP contribution >= 0.6 is 0 Å². The molecule has 4 heteroatoms. The van der Waals surface area contributed by atoms with E-state index >= 15 is 0 Å². The second kappa shape index (κ2) is 4.26. The van der Waals surface area contributed by atoms with Gasteiger partial charge in [0, 0.05) is 18.7 Å². The average molecular weight is 231 g/mol. The summed E-state index contributed by atoms with van der Waals surface area (Å²) in [7, 11) is 0.823. The summed E-state index contributed by atoms with van der Waals surface area (Å²) in [6, 6.07) is 4.26. The lowest BCUT2D eigenvalue weighted by atomic mass is 9.78. The van der Waals surface area contributed by atoms with Gasteiger partial charge in [0.1, 0.15) is 17.6 Å². The number of hydrogen-bond acceptors (Lipinski definition) is 3. The van der Waals surface area contributed by atoms with Crippen LogP contribution < -0.4 is 14.7 Å². The van der Waals surface area contributed by atoms with Crippen molar-refractivity contribution in [1.82, 2.24) is 5.32 Å². The maximum absolute atomic E-state index is 5.94. The van der Waals surface area contributed by atoms with E-state index in [0.717, 1.165) is 44.0 Å². The van der Waals surface area contributed by atoms with E-state index in [1.165, 1.54) is 5.56 Å². The van der Waals surface area contributed by atoms with Crippen LogP contribution in [0.5, 0.6) is 11.5 Å². The summed E-state index contributed by atoms with van der Waals surface area (Å²) in [6.45, 7) is 6.26. The van der Waals surface area contributed by atoms with Crippen molar-refractivity contribution in [1.29, 1.82) is 0 Å². The van der Waals surface area contributed by atoms with Crippen molar-refractivity contribution >= 4 is 7.48 Å². The third-order valence-corrected chi connectivity index (χ3v) is 3.75. The van der Waals surface area contributed by atoms with Gasteiger partial charge >= 0.3 is 7.48 Å². The highest BCUT2D eigenvalue weighted by Gasteiger charge is 2.24. The van der Waals surface area contributed by atoms with E-state index in [4.69, 9.17) is 9.39 Å². The van der Waals surface area contributed by atoms with Crippen LogP contribution in [0.4, 0.5) is 0 Å². The topological polar surface area (TPSA) is 30.5 Å². The molecule has 0 bridgehead atoms. The Bertz CT molecular complexity index is 432. The molecule has 1 aromatic carbocycles. The summed E-state index contributed by atoms with van der Waals surface area (Å²) >= 11 is 0. The second-order valence-electron chi connectivity index (χ2n) is 5.04. The first kappa shape index (κ1) is 11.0. The molecular weight excluding hydrogens is 213 g/mol. The zero-order valence-electron chi connectivity index (χ0n) is 10.5. The summed E-state index contributed by atoms with van der Waals surface area (Å²) in [5.41, 5.74) is 2.48. The minimum Gasteiger partial charge on any atom is -0.564 e. The fourth-order valence-electron chi connectivity index (χ4n) is 2.42. The highest BCUT2D eigenvalue weighted by Crippen LogP contribution is 2.39. The fourth-order valence-corrected chi connectivity index (χ4v) is 2.42. The number of nitrogens with one attached hydrogen (secondary N) is 1. The lowest BCUT2D eigenvalue weighted by Gasteiger charge is -2.30. The van der Waals surface area contributed by atoms with Gasteiger partial charge in [-0.2, -0.15) is 0 Å². The third-order valence-electron chi connectivity index (χ3n) is 3.75. The van der Waals surface area contributed by atoms with Crippen LogP contribution in [0.1, 0.15) is 24.0 Å². The molecule has 3 rings (SSSR count). The highest BCUT2D eigenvalue weighted by molar-refractivity contribution is 6.29. The van der Waals surface area contributed by atoms with Crippen molar-refractivity contribution in [3.05, 3.63) is 23.3 Å². The minimum absolute atomic E-state index is 0.327. The first-order valence-electron chi connectivity index (χ1n) is 6.39. The summed E-state index contributed by atoms with van der Waals surface area (Å²) in [6.07, 6.45) is 1.44. The molecule has 1 fully saturated rings. The van der Waals surface area contributed by atoms with Crippen LogP contribution in [0.25, 0.3) is 0 Å². The van der Waals surface area contributed by atoms with Crippen LogP contribution in [0.15, 0.2) is 12.1 Å². The van der Waals surface area contributed by atoms with Gasteiger partial charge in [-0.25, -0.2) is 0 Å². The molecule has 90 valence electrons. The quantitative estimate of drug-likeness (QED) is 0.784. The van der Waals surface area contributed by atoms with E-state index in [9.17, 15) is 0 Å². The van der Waals surface area contributed by atoms with E-state index in [-0.39, 0.29) is 0 Å². The van der Waals surface area contributed by atoms with Crippen molar-refractivity contribution in [2.24, 2.45) is 0 Å². The second-order valence-corrected chi connectivity index (χ2v) is 5.04. The van der Waals surface area contributed by atoms with E-state index in [1.54, 1.807) is 0 Å². The number of ether oxygens (including phenoxy) is 1. The summed E-state index contributed by atoms with van der Waals surface area (Å²) in [4.78, 5) is 0. The molecule has 17 heavy (non-hydrogen) atoms. The number of rotatable bonds is 2. The van der Waals surface area contributed by atoms with E-state index in [0.29, 0.717) is 12.0 Å². The first-order valence-corrected chi connectivity index (χ1v) is 6.39. The SMILES string of the molecule is Cc1c(OC2CNC2)ccc2c1OBC[C@@H]2C. The van der Waals surface area contributed by atoms with Crippen LogP contribution in [0, 0.1) is 6.92 Å². The molecule has 2 aliphatic rings. The molecule has 2 aliphatic heterocycles. The van der Waals surface area contributed by atoms with Gasteiger partial charge in [0.2, 0.25) is 0 Å². The van der Waals surface area contributed by atoms with Crippen LogP contribution in [0.2, 0.25) is 6.32 Å². The minimum atomic E-state index is 0.327. The van der Waals surface area contributed by atoms with Gasteiger partial charge in [0.25, 0.3) is 0 Å². The molecule has 0 radical (unpaired) electrons. The molecule has 0 aliphatic carbocycles. The molecular formula is C13H18BNO2. The Kier molecular flexibility index (Phi) is 2.75. The monoisotopic (exact) mass is 231 g/mol. The lowest BCUT2D eigenvalue weighted by molar-refractivity contribution is 0.141. The summed E-state index contributed by atoms with van der Waals surface area (Å²) in [5.74, 6) is 2.62. The summed E-state index contributed by atoms with van der Waals surface area (Å²) < 4.78 is 11.7. The van der Waals surface area contributed by atoms with Crippen LogP contribution in [-0.2, 0) is 0 Å². The Hall–Kier alpha value is -1.16. The largest absolute Gasteiger partial charge is 0.564 e. The van der Waals surface area contributed by atoms with Gasteiger partial charge in [-0.05, 0) is 30.8 Å². The molecule has 0 aromatic heterocycles. The van der Waals surface area contributed by atoms with Crippen molar-refractivity contribution in [3.63, 3.8) is 0 Å². The zero-order valence-corrected chi connectivity index (χ0v) is 10.5. The molecule has 1 atom stereocenters. The number of fused-ring (bicyclic) bond motifs is 1. The van der Waals surface area contributed by atoms with Crippen molar-refractivity contribution in [2.45, 2.75) is 32.2 Å². The van der Waals surface area contributed by atoms with Gasteiger partial charge in [-0.1, -0.05) is 13.0 Å². The molecule has 0 spiro atoms. The van der Waals surface area contributed by atoms with Gasteiger partial charge in [-0.3, -0.25) is 0 Å². The number of benzene rings is 1. The van der Waals surface area contributed by atoms with Gasteiger partial charge in [0.05, 0.1) is 0 Å². The van der Waals surface area contributed by atoms with E-state index < -0.39 is 0 Å². The standard InChI is InChI=1S/C13H18BNO2/c1-8-5-14-17-13-9(2)12(4-3-11(8)13)16-10-6-15-7-10/h3-4,8,10,14-15H,5-7H2,1-2H3/t8-/m0/s1. The van der Waals surface area contributed by atoms with Crippen molar-refractivity contribution in [2.75, 3.05) is 13.1 Å². The van der Waals surface area contributed by atoms with Crippen LogP contribution in [-0.4, -0.2) is 26.7 Å². The predicted octanol–water partition coefficient (Wildman–Crippen LogP) is 1.61. The van der Waals surface area contributed by atoms with Gasteiger partial charge in [0.15, 0.2) is 0 Å². The zero-order chi connectivity index (χ0) is 11.8. The van der Waals surface area contributed by atoms with E-state index in [1.807, 2.05) is 0 Å². The number of hydrogen-bond donors (Lipinski definition) is 1. The molecule has 0 unspecified atom stereocenters. The maximum atomic E-state index is 5.94. The molecule has 1 N–H and O–H groups in total. The van der Waals surface area contributed by atoms with Crippen molar-refractivity contribution < 1.29 is 9.39 Å². The Labute approximate surface area is 103 Å². The van der Waals surface area contributed by atoms with Gasteiger partial charge < -0.3 is 14.7 Å². The first-order chi connectivity index (χ1) is 8.25. The molecule has 1 saturated heterocycles. The van der Waals surface area contributed by atoms with Crippen LogP contribution in [0.3, 0.4) is 0 Å². The Morgan fingerprint density at radius 3 is 2.94 bits per heavy atom. The third kappa shape index (κ3) is 1.91. The van der Waals surface area contributed by atoms with E-state index in [2.05, 4.69) is 31.3 Å².